The number of carbonyl (C=O) groups is 1. The van der Waals surface area contributed by atoms with Gasteiger partial charge in [-0.1, -0.05) is 0 Å². The molecule has 2 unspecified atom stereocenters. The van der Waals surface area contributed by atoms with Crippen LogP contribution in [-0.4, -0.2) is 46.3 Å². The van der Waals surface area contributed by atoms with E-state index in [0.29, 0.717) is 24.7 Å². The molecule has 2 N–H and O–H groups in total. The number of carbonyl (C=O) groups excluding carboxylic acids is 1. The maximum atomic E-state index is 12.4. The molecule has 1 amide bonds. The number of fused-ring (bicyclic) bond motifs is 1. The summed E-state index contributed by atoms with van der Waals surface area (Å²) in [5.74, 6) is 0.259. The van der Waals surface area contributed by atoms with Crippen molar-refractivity contribution < 1.29 is 9.53 Å². The first kappa shape index (κ1) is 11.4. The maximum absolute atomic E-state index is 12.4. The second kappa shape index (κ2) is 4.53. The van der Waals surface area contributed by atoms with Crippen LogP contribution in [0.1, 0.15) is 29.8 Å². The zero-order chi connectivity index (χ0) is 12.5. The molecule has 0 aromatic carbocycles. The minimum atomic E-state index is -0.0669. The van der Waals surface area contributed by atoms with Crippen LogP contribution in [0.2, 0.25) is 0 Å². The number of hydrogen-bond acceptors (Lipinski definition) is 5. The average molecular weight is 248 g/mol. The van der Waals surface area contributed by atoms with Crippen molar-refractivity contribution in [2.75, 3.05) is 18.9 Å². The van der Waals surface area contributed by atoms with Crippen LogP contribution in [0.5, 0.6) is 0 Å². The summed E-state index contributed by atoms with van der Waals surface area (Å²) in [4.78, 5) is 14.3. The number of morpholine rings is 1. The summed E-state index contributed by atoms with van der Waals surface area (Å²) in [6.07, 6.45) is 3.37. The SMILES string of the molecule is Nc1ccc(C(=O)N2CCOC3CCCC32)nn1. The highest BCUT2D eigenvalue weighted by atomic mass is 16.5. The van der Waals surface area contributed by atoms with E-state index in [-0.39, 0.29) is 18.1 Å². The Morgan fingerprint density at radius 1 is 1.39 bits per heavy atom. The van der Waals surface area contributed by atoms with E-state index in [1.54, 1.807) is 12.1 Å². The fourth-order valence-corrected chi connectivity index (χ4v) is 2.78. The molecule has 6 heteroatoms. The molecule has 1 aliphatic heterocycles. The normalized spacial score (nSPS) is 27.0. The van der Waals surface area contributed by atoms with Gasteiger partial charge in [0.15, 0.2) is 5.69 Å². The van der Waals surface area contributed by atoms with Gasteiger partial charge < -0.3 is 15.4 Å². The first-order valence-electron chi connectivity index (χ1n) is 6.27. The van der Waals surface area contributed by atoms with Gasteiger partial charge in [-0.3, -0.25) is 4.79 Å². The van der Waals surface area contributed by atoms with Gasteiger partial charge in [-0.2, -0.15) is 0 Å². The highest BCUT2D eigenvalue weighted by molar-refractivity contribution is 5.92. The number of amides is 1. The second-order valence-corrected chi connectivity index (χ2v) is 4.75. The Bertz CT molecular complexity index is 448. The van der Waals surface area contributed by atoms with Crippen molar-refractivity contribution >= 4 is 11.7 Å². The molecule has 18 heavy (non-hydrogen) atoms. The lowest BCUT2D eigenvalue weighted by atomic mass is 10.1. The summed E-state index contributed by atoms with van der Waals surface area (Å²) >= 11 is 0. The lowest BCUT2D eigenvalue weighted by molar-refractivity contribution is -0.0447. The highest BCUT2D eigenvalue weighted by Crippen LogP contribution is 2.30. The number of anilines is 1. The summed E-state index contributed by atoms with van der Waals surface area (Å²) in [6.45, 7) is 1.24. The minimum Gasteiger partial charge on any atom is -0.382 e. The van der Waals surface area contributed by atoms with Crippen molar-refractivity contribution in [2.45, 2.75) is 31.4 Å². The fraction of sp³-hybridized carbons (Fsp3) is 0.583. The minimum absolute atomic E-state index is 0.0669. The number of rotatable bonds is 1. The molecular weight excluding hydrogens is 232 g/mol. The van der Waals surface area contributed by atoms with E-state index in [9.17, 15) is 4.79 Å². The van der Waals surface area contributed by atoms with Crippen LogP contribution in [0.25, 0.3) is 0 Å². The molecule has 0 radical (unpaired) electrons. The fourth-order valence-electron chi connectivity index (χ4n) is 2.78. The molecule has 2 heterocycles. The van der Waals surface area contributed by atoms with E-state index in [1.807, 2.05) is 4.90 Å². The molecule has 1 saturated carbocycles. The monoisotopic (exact) mass is 248 g/mol. The van der Waals surface area contributed by atoms with Crippen molar-refractivity contribution in [3.8, 4) is 0 Å². The van der Waals surface area contributed by atoms with Crippen molar-refractivity contribution in [1.82, 2.24) is 15.1 Å². The molecule has 0 bridgehead atoms. The molecule has 1 aromatic rings. The first-order chi connectivity index (χ1) is 8.75. The first-order valence-corrected chi connectivity index (χ1v) is 6.27. The third-order valence-electron chi connectivity index (χ3n) is 3.65. The van der Waals surface area contributed by atoms with Crippen molar-refractivity contribution in [1.29, 1.82) is 0 Å². The van der Waals surface area contributed by atoms with Crippen LogP contribution in [-0.2, 0) is 4.74 Å². The van der Waals surface area contributed by atoms with Gasteiger partial charge in [-0.05, 0) is 31.4 Å². The zero-order valence-corrected chi connectivity index (χ0v) is 10.1. The average Bonchev–Trinajstić information content (AvgIpc) is 2.87. The number of ether oxygens (including phenoxy) is 1. The molecular formula is C12H16N4O2. The van der Waals surface area contributed by atoms with Gasteiger partial charge in [0.25, 0.3) is 5.91 Å². The quantitative estimate of drug-likeness (QED) is 0.780. The van der Waals surface area contributed by atoms with Crippen LogP contribution in [0.4, 0.5) is 5.82 Å². The Hall–Kier alpha value is -1.69. The van der Waals surface area contributed by atoms with Gasteiger partial charge in [-0.15, -0.1) is 10.2 Å². The standard InChI is InChI=1S/C12H16N4O2/c13-11-5-4-8(14-15-11)12(17)16-6-7-18-10-3-1-2-9(10)16/h4-5,9-10H,1-3,6-7H2,(H2,13,15). The molecule has 0 spiro atoms. The van der Waals surface area contributed by atoms with E-state index in [0.717, 1.165) is 19.3 Å². The molecule has 6 nitrogen and oxygen atoms in total. The molecule has 1 saturated heterocycles. The zero-order valence-electron chi connectivity index (χ0n) is 10.1. The molecule has 2 atom stereocenters. The predicted octanol–water partition coefficient (Wildman–Crippen LogP) is 0.452. The third-order valence-corrected chi connectivity index (χ3v) is 3.65. The number of nitrogens with two attached hydrogens (primary N) is 1. The Morgan fingerprint density at radius 2 is 2.28 bits per heavy atom. The van der Waals surface area contributed by atoms with Crippen LogP contribution < -0.4 is 5.73 Å². The van der Waals surface area contributed by atoms with Crippen molar-refractivity contribution in [2.24, 2.45) is 0 Å². The largest absolute Gasteiger partial charge is 0.382 e. The van der Waals surface area contributed by atoms with E-state index in [4.69, 9.17) is 10.5 Å². The van der Waals surface area contributed by atoms with E-state index in [2.05, 4.69) is 10.2 Å². The molecule has 2 fully saturated rings. The number of nitrogen functional groups attached to an aromatic ring is 1. The maximum Gasteiger partial charge on any atom is 0.274 e. The predicted molar refractivity (Wildman–Crippen MR) is 64.9 cm³/mol. The number of nitrogens with zero attached hydrogens (tertiary/aromatic N) is 3. The number of aromatic nitrogens is 2. The van der Waals surface area contributed by atoms with Gasteiger partial charge in [0, 0.05) is 6.54 Å². The Balaban J connectivity index is 1.81. The number of hydrogen-bond donors (Lipinski definition) is 1. The van der Waals surface area contributed by atoms with Crippen LogP contribution in [0.3, 0.4) is 0 Å². The van der Waals surface area contributed by atoms with E-state index >= 15 is 0 Å². The van der Waals surface area contributed by atoms with Crippen LogP contribution >= 0.6 is 0 Å². The van der Waals surface area contributed by atoms with Gasteiger partial charge in [0.2, 0.25) is 0 Å². The molecule has 3 rings (SSSR count). The summed E-state index contributed by atoms with van der Waals surface area (Å²) in [5, 5.41) is 7.59. The topological polar surface area (TPSA) is 81.3 Å². The van der Waals surface area contributed by atoms with Crippen LogP contribution in [0, 0.1) is 0 Å². The van der Waals surface area contributed by atoms with Gasteiger partial charge in [0.05, 0.1) is 18.8 Å². The smallest absolute Gasteiger partial charge is 0.274 e. The van der Waals surface area contributed by atoms with Gasteiger partial charge in [-0.25, -0.2) is 0 Å². The van der Waals surface area contributed by atoms with Gasteiger partial charge >= 0.3 is 0 Å². The summed E-state index contributed by atoms with van der Waals surface area (Å²) in [5.41, 5.74) is 5.83. The Kier molecular flexibility index (Phi) is 2.87. The molecule has 96 valence electrons. The van der Waals surface area contributed by atoms with Crippen LogP contribution in [0.15, 0.2) is 12.1 Å². The molecule has 2 aliphatic rings. The lowest BCUT2D eigenvalue weighted by Crippen LogP contribution is -2.51. The van der Waals surface area contributed by atoms with Gasteiger partial charge in [0.1, 0.15) is 5.82 Å². The Morgan fingerprint density at radius 3 is 3.06 bits per heavy atom. The second-order valence-electron chi connectivity index (χ2n) is 4.75. The summed E-state index contributed by atoms with van der Waals surface area (Å²) < 4.78 is 5.69. The Labute approximate surface area is 105 Å². The summed E-state index contributed by atoms with van der Waals surface area (Å²) in [7, 11) is 0. The van der Waals surface area contributed by atoms with Crippen molar-refractivity contribution in [3.63, 3.8) is 0 Å². The van der Waals surface area contributed by atoms with Crippen molar-refractivity contribution in [3.05, 3.63) is 17.8 Å². The molecule has 1 aromatic heterocycles. The molecule has 1 aliphatic carbocycles. The lowest BCUT2D eigenvalue weighted by Gasteiger charge is -2.37. The van der Waals surface area contributed by atoms with E-state index in [1.165, 1.54) is 0 Å². The third kappa shape index (κ3) is 1.92. The summed E-state index contributed by atoms with van der Waals surface area (Å²) in [6, 6.07) is 3.43. The highest BCUT2D eigenvalue weighted by Gasteiger charge is 2.38. The van der Waals surface area contributed by atoms with E-state index < -0.39 is 0 Å².